The maximum Gasteiger partial charge on any atom is 0.266 e. The van der Waals surface area contributed by atoms with Gasteiger partial charge < -0.3 is 0 Å². The second-order valence-electron chi connectivity index (χ2n) is 6.61. The van der Waals surface area contributed by atoms with E-state index in [-0.39, 0.29) is 35.1 Å². The van der Waals surface area contributed by atoms with Gasteiger partial charge in [-0.3, -0.25) is 4.79 Å². The third-order valence-corrected chi connectivity index (χ3v) is 6.70. The van der Waals surface area contributed by atoms with E-state index >= 15 is 0 Å². The summed E-state index contributed by atoms with van der Waals surface area (Å²) >= 11 is 3.35. The molecule has 0 aromatic heterocycles. The number of rotatable bonds is 2. The number of carbonyl (C=O) groups is 1. The molecule has 21 heavy (non-hydrogen) atoms. The zero-order chi connectivity index (χ0) is 16.0. The molecular weight excluding hydrogens is 354 g/mol. The number of benzene rings is 1. The summed E-state index contributed by atoms with van der Waals surface area (Å²) in [4.78, 5) is 12.3. The molecule has 1 aromatic rings. The second kappa shape index (κ2) is 5.39. The lowest BCUT2D eigenvalue weighted by atomic mass is 9.80. The van der Waals surface area contributed by atoms with Gasteiger partial charge >= 0.3 is 0 Å². The van der Waals surface area contributed by atoms with Crippen molar-refractivity contribution in [1.29, 1.82) is 0 Å². The summed E-state index contributed by atoms with van der Waals surface area (Å²) in [5.74, 6) is -0.258. The number of sulfonamides is 1. The second-order valence-corrected chi connectivity index (χ2v) is 9.32. The van der Waals surface area contributed by atoms with Crippen molar-refractivity contribution < 1.29 is 13.2 Å². The first-order chi connectivity index (χ1) is 9.53. The molecule has 1 heterocycles. The first-order valence-electron chi connectivity index (χ1n) is 6.85. The third kappa shape index (κ3) is 3.16. The van der Waals surface area contributed by atoms with E-state index in [1.807, 2.05) is 27.7 Å². The van der Waals surface area contributed by atoms with Crippen molar-refractivity contribution in [2.75, 3.05) is 6.54 Å². The van der Waals surface area contributed by atoms with Gasteiger partial charge in [-0.25, -0.2) is 12.7 Å². The molecule has 116 valence electrons. The van der Waals surface area contributed by atoms with Crippen molar-refractivity contribution in [3.8, 4) is 0 Å². The van der Waals surface area contributed by atoms with Crippen LogP contribution in [0.15, 0.2) is 27.6 Å². The molecular formula is C15H20BrNO3S. The van der Waals surface area contributed by atoms with E-state index in [4.69, 9.17) is 0 Å². The van der Waals surface area contributed by atoms with Crippen LogP contribution in [0, 0.1) is 18.3 Å². The smallest absolute Gasteiger partial charge is 0.266 e. The molecule has 0 saturated carbocycles. The minimum absolute atomic E-state index is 0.0521. The summed E-state index contributed by atoms with van der Waals surface area (Å²) in [6.45, 7) is 8.19. The number of hydrogen-bond acceptors (Lipinski definition) is 3. The van der Waals surface area contributed by atoms with Crippen molar-refractivity contribution in [2.45, 2.75) is 39.0 Å². The van der Waals surface area contributed by atoms with Gasteiger partial charge in [0.25, 0.3) is 10.0 Å². The van der Waals surface area contributed by atoms with Crippen LogP contribution in [0.1, 0.15) is 32.8 Å². The van der Waals surface area contributed by atoms with Gasteiger partial charge in [-0.2, -0.15) is 0 Å². The van der Waals surface area contributed by atoms with Gasteiger partial charge in [-0.05, 0) is 42.0 Å². The summed E-state index contributed by atoms with van der Waals surface area (Å²) in [6, 6.07) is 4.82. The fourth-order valence-electron chi connectivity index (χ4n) is 2.40. The quantitative estimate of drug-likeness (QED) is 0.798. The molecule has 0 radical (unpaired) electrons. The lowest BCUT2D eigenvalue weighted by molar-refractivity contribution is -0.123. The number of carbonyl (C=O) groups excluding carboxylic acids is 1. The molecule has 1 atom stereocenters. The lowest BCUT2D eigenvalue weighted by Gasteiger charge is -2.26. The molecule has 0 aliphatic carbocycles. The van der Waals surface area contributed by atoms with E-state index in [0.29, 0.717) is 0 Å². The molecule has 1 fully saturated rings. The van der Waals surface area contributed by atoms with Gasteiger partial charge in [0.15, 0.2) is 0 Å². The molecule has 1 aromatic carbocycles. The summed E-state index contributed by atoms with van der Waals surface area (Å²) < 4.78 is 27.2. The van der Waals surface area contributed by atoms with Crippen molar-refractivity contribution in [1.82, 2.24) is 4.31 Å². The summed E-state index contributed by atoms with van der Waals surface area (Å²) in [5, 5.41) is 0. The fourth-order valence-corrected chi connectivity index (χ4v) is 4.18. The van der Waals surface area contributed by atoms with Crippen LogP contribution in [0.3, 0.4) is 0 Å². The zero-order valence-corrected chi connectivity index (χ0v) is 15.1. The maximum absolute atomic E-state index is 12.7. The van der Waals surface area contributed by atoms with Crippen LogP contribution in [-0.4, -0.2) is 25.2 Å². The average Bonchev–Trinajstić information content (AvgIpc) is 2.75. The summed E-state index contributed by atoms with van der Waals surface area (Å²) in [5.41, 5.74) is 0.741. The van der Waals surface area contributed by atoms with Gasteiger partial charge in [0, 0.05) is 17.4 Å². The average molecular weight is 374 g/mol. The van der Waals surface area contributed by atoms with Gasteiger partial charge in [-0.1, -0.05) is 36.7 Å². The van der Waals surface area contributed by atoms with Crippen molar-refractivity contribution >= 4 is 31.9 Å². The van der Waals surface area contributed by atoms with E-state index in [1.165, 1.54) is 6.07 Å². The van der Waals surface area contributed by atoms with Gasteiger partial charge in [-0.15, -0.1) is 0 Å². The van der Waals surface area contributed by atoms with Crippen LogP contribution in [0.2, 0.25) is 0 Å². The van der Waals surface area contributed by atoms with Gasteiger partial charge in [0.05, 0.1) is 4.90 Å². The number of hydrogen-bond donors (Lipinski definition) is 0. The highest BCUT2D eigenvalue weighted by Gasteiger charge is 2.42. The Morgan fingerprint density at radius 2 is 1.90 bits per heavy atom. The Morgan fingerprint density at radius 1 is 1.29 bits per heavy atom. The molecule has 1 aliphatic rings. The van der Waals surface area contributed by atoms with Crippen molar-refractivity contribution in [3.63, 3.8) is 0 Å². The summed E-state index contributed by atoms with van der Waals surface area (Å²) in [7, 11) is -3.76. The van der Waals surface area contributed by atoms with E-state index < -0.39 is 10.0 Å². The Morgan fingerprint density at radius 3 is 2.38 bits per heavy atom. The van der Waals surface area contributed by atoms with E-state index in [1.54, 1.807) is 12.1 Å². The van der Waals surface area contributed by atoms with Crippen LogP contribution >= 0.6 is 15.9 Å². The zero-order valence-electron chi connectivity index (χ0n) is 12.7. The SMILES string of the molecule is Cc1cc(S(=O)(=O)N2CC(C(C)(C)C)CC2=O)ccc1Br. The standard InChI is InChI=1S/C15H20BrNO3S/c1-10-7-12(5-6-13(10)16)21(19,20)17-9-11(8-14(17)18)15(2,3)4/h5-7,11H,8-9H2,1-4H3. The first-order valence-corrected chi connectivity index (χ1v) is 9.08. The number of amides is 1. The fraction of sp³-hybridized carbons (Fsp3) is 0.533. The van der Waals surface area contributed by atoms with Crippen LogP contribution in [0.5, 0.6) is 0 Å². The molecule has 0 N–H and O–H groups in total. The molecule has 1 amide bonds. The topological polar surface area (TPSA) is 54.5 Å². The predicted molar refractivity (Wildman–Crippen MR) is 85.3 cm³/mol. The number of nitrogens with zero attached hydrogens (tertiary/aromatic N) is 1. The van der Waals surface area contributed by atoms with Gasteiger partial charge in [0.1, 0.15) is 0 Å². The van der Waals surface area contributed by atoms with Crippen LogP contribution < -0.4 is 0 Å². The first kappa shape index (κ1) is 16.5. The predicted octanol–water partition coefficient (Wildman–Crippen LogP) is 3.34. The minimum Gasteiger partial charge on any atom is -0.274 e. The van der Waals surface area contributed by atoms with Crippen LogP contribution in [0.4, 0.5) is 0 Å². The molecule has 1 unspecified atom stereocenters. The van der Waals surface area contributed by atoms with Gasteiger partial charge in [0.2, 0.25) is 5.91 Å². The molecule has 4 nitrogen and oxygen atoms in total. The van der Waals surface area contributed by atoms with Crippen molar-refractivity contribution in [3.05, 3.63) is 28.2 Å². The molecule has 2 rings (SSSR count). The normalized spacial score (nSPS) is 20.1. The number of halogens is 1. The van der Waals surface area contributed by atoms with E-state index in [2.05, 4.69) is 15.9 Å². The van der Waals surface area contributed by atoms with Crippen molar-refractivity contribution in [2.24, 2.45) is 11.3 Å². The maximum atomic E-state index is 12.7. The Bertz CT molecular complexity index is 677. The molecule has 6 heteroatoms. The lowest BCUT2D eigenvalue weighted by Crippen LogP contribution is -2.33. The number of aryl methyl sites for hydroxylation is 1. The highest BCUT2D eigenvalue weighted by Crippen LogP contribution is 2.36. The largest absolute Gasteiger partial charge is 0.274 e. The highest BCUT2D eigenvalue weighted by atomic mass is 79.9. The molecule has 1 saturated heterocycles. The van der Waals surface area contributed by atoms with E-state index in [9.17, 15) is 13.2 Å². The van der Waals surface area contributed by atoms with Crippen LogP contribution in [0.25, 0.3) is 0 Å². The van der Waals surface area contributed by atoms with Crippen LogP contribution in [-0.2, 0) is 14.8 Å². The minimum atomic E-state index is -3.76. The molecule has 1 aliphatic heterocycles. The summed E-state index contributed by atoms with van der Waals surface area (Å²) in [6.07, 6.45) is 0.290. The Hall–Kier alpha value is -0.880. The monoisotopic (exact) mass is 373 g/mol. The molecule has 0 spiro atoms. The third-order valence-electron chi connectivity index (χ3n) is 4.03. The molecule has 0 bridgehead atoms. The Kier molecular flexibility index (Phi) is 4.23. The van der Waals surface area contributed by atoms with E-state index in [0.717, 1.165) is 14.3 Å². The Labute approximate surface area is 134 Å². The highest BCUT2D eigenvalue weighted by molar-refractivity contribution is 9.10. The Balaban J connectivity index is 2.36.